The minimum Gasteiger partial charge on any atom is -0.372 e. The van der Waals surface area contributed by atoms with Crippen LogP contribution in [0.3, 0.4) is 0 Å². The molecule has 5 aromatic rings. The third-order valence-corrected chi connectivity index (χ3v) is 6.46. The van der Waals surface area contributed by atoms with Crippen molar-refractivity contribution in [2.24, 2.45) is 0 Å². The summed E-state index contributed by atoms with van der Waals surface area (Å²) in [6.07, 6.45) is 6.42. The molecule has 6 rings (SSSR count). The van der Waals surface area contributed by atoms with E-state index >= 15 is 0 Å². The number of aromatic nitrogens is 4. The second-order valence-electron chi connectivity index (χ2n) is 9.18. The molecule has 1 fully saturated rings. The maximum Gasteiger partial charge on any atom is 0.137 e. The Kier molecular flexibility index (Phi) is 5.03. The molecule has 170 valence electrons. The van der Waals surface area contributed by atoms with Gasteiger partial charge in [0.1, 0.15) is 11.5 Å². The lowest BCUT2D eigenvalue weighted by molar-refractivity contribution is -0.00545. The Bertz CT molecular complexity index is 1480. The average molecular weight is 450 g/mol. The number of hydrogen-bond acceptors (Lipinski definition) is 5. The van der Waals surface area contributed by atoms with Crippen LogP contribution in [0.1, 0.15) is 19.5 Å². The lowest BCUT2D eigenvalue weighted by atomic mass is 10.1. The van der Waals surface area contributed by atoms with Gasteiger partial charge < -0.3 is 9.64 Å². The third kappa shape index (κ3) is 3.70. The number of nitrogens with zero attached hydrogens (tertiary/aromatic N) is 5. The van der Waals surface area contributed by atoms with Crippen molar-refractivity contribution in [2.75, 3.05) is 18.0 Å². The van der Waals surface area contributed by atoms with E-state index in [9.17, 15) is 0 Å². The zero-order chi connectivity index (χ0) is 23.2. The van der Waals surface area contributed by atoms with Gasteiger partial charge in [0.25, 0.3) is 0 Å². The molecule has 1 saturated heterocycles. The molecule has 5 heterocycles. The Morgan fingerprint density at radius 2 is 1.71 bits per heavy atom. The number of pyridine rings is 3. The standard InChI is InChI=1S/C28H27N5O/c1-18-12-24(23-6-4-5-7-25(23)31-18)26-15-30-28-13-21(10-11-33(26)28)22-8-9-27(29-14-22)32-16-19(2)34-20(3)17-32/h4-15,19-20H,16-17H2,1-3H3/t19-,20+. The molecule has 6 heteroatoms. The van der Waals surface area contributed by atoms with Gasteiger partial charge in [-0.05, 0) is 62.7 Å². The quantitative estimate of drug-likeness (QED) is 0.362. The lowest BCUT2D eigenvalue weighted by Crippen LogP contribution is -2.45. The van der Waals surface area contributed by atoms with Gasteiger partial charge in [0.2, 0.25) is 0 Å². The van der Waals surface area contributed by atoms with Gasteiger partial charge in [-0.3, -0.25) is 9.38 Å². The van der Waals surface area contributed by atoms with Crippen LogP contribution in [0.2, 0.25) is 0 Å². The Balaban J connectivity index is 1.34. The number of rotatable bonds is 3. The summed E-state index contributed by atoms with van der Waals surface area (Å²) in [4.78, 5) is 16.5. The number of fused-ring (bicyclic) bond motifs is 2. The Morgan fingerprint density at radius 1 is 0.882 bits per heavy atom. The molecule has 1 aliphatic heterocycles. The Morgan fingerprint density at radius 3 is 2.50 bits per heavy atom. The summed E-state index contributed by atoms with van der Waals surface area (Å²) < 4.78 is 8.00. The van der Waals surface area contributed by atoms with E-state index in [2.05, 4.69) is 82.9 Å². The van der Waals surface area contributed by atoms with Crippen LogP contribution in [0.25, 0.3) is 38.9 Å². The molecule has 6 nitrogen and oxygen atoms in total. The number of morpholine rings is 1. The molecule has 0 N–H and O–H groups in total. The fraction of sp³-hybridized carbons (Fsp3) is 0.250. The SMILES string of the molecule is Cc1cc(-c2cnc3cc(-c4ccc(N5C[C@@H](C)O[C@@H](C)C5)nc4)ccn23)c2ccccc2n1. The molecule has 0 unspecified atom stereocenters. The summed E-state index contributed by atoms with van der Waals surface area (Å²) in [7, 11) is 0. The van der Waals surface area contributed by atoms with E-state index in [-0.39, 0.29) is 12.2 Å². The van der Waals surface area contributed by atoms with Crippen molar-refractivity contribution in [1.29, 1.82) is 0 Å². The summed E-state index contributed by atoms with van der Waals surface area (Å²) in [6, 6.07) is 18.9. The highest BCUT2D eigenvalue weighted by molar-refractivity contribution is 5.94. The summed E-state index contributed by atoms with van der Waals surface area (Å²) in [5, 5.41) is 1.13. The van der Waals surface area contributed by atoms with Crippen LogP contribution >= 0.6 is 0 Å². The van der Waals surface area contributed by atoms with Gasteiger partial charge in [-0.15, -0.1) is 0 Å². The normalized spacial score (nSPS) is 18.6. The molecule has 2 atom stereocenters. The molecule has 0 radical (unpaired) electrons. The lowest BCUT2D eigenvalue weighted by Gasteiger charge is -2.36. The number of imidazole rings is 1. The average Bonchev–Trinajstić information content (AvgIpc) is 3.26. The van der Waals surface area contributed by atoms with Crippen molar-refractivity contribution in [3.05, 3.63) is 78.9 Å². The van der Waals surface area contributed by atoms with Gasteiger partial charge in [0.05, 0.1) is 29.6 Å². The van der Waals surface area contributed by atoms with Crippen LogP contribution < -0.4 is 4.90 Å². The number of ether oxygens (including phenoxy) is 1. The first-order chi connectivity index (χ1) is 16.5. The summed E-state index contributed by atoms with van der Waals surface area (Å²) in [5.41, 5.74) is 7.29. The van der Waals surface area contributed by atoms with Crippen LogP contribution in [0, 0.1) is 6.92 Å². The predicted molar refractivity (Wildman–Crippen MR) is 136 cm³/mol. The summed E-state index contributed by atoms with van der Waals surface area (Å²) in [6.45, 7) is 7.99. The van der Waals surface area contributed by atoms with Crippen LogP contribution in [0.5, 0.6) is 0 Å². The zero-order valence-electron chi connectivity index (χ0n) is 19.6. The van der Waals surface area contributed by atoms with Crippen molar-refractivity contribution >= 4 is 22.4 Å². The third-order valence-electron chi connectivity index (χ3n) is 6.46. The smallest absolute Gasteiger partial charge is 0.137 e. The number of benzene rings is 1. The van der Waals surface area contributed by atoms with Crippen molar-refractivity contribution in [2.45, 2.75) is 33.0 Å². The van der Waals surface area contributed by atoms with Crippen molar-refractivity contribution in [3.8, 4) is 22.4 Å². The van der Waals surface area contributed by atoms with Crippen molar-refractivity contribution in [3.63, 3.8) is 0 Å². The van der Waals surface area contributed by atoms with E-state index in [0.29, 0.717) is 0 Å². The molecule has 34 heavy (non-hydrogen) atoms. The van der Waals surface area contributed by atoms with E-state index in [1.54, 1.807) is 0 Å². The monoisotopic (exact) mass is 449 g/mol. The number of para-hydroxylation sites is 1. The maximum atomic E-state index is 5.85. The summed E-state index contributed by atoms with van der Waals surface area (Å²) in [5.74, 6) is 0.995. The summed E-state index contributed by atoms with van der Waals surface area (Å²) >= 11 is 0. The fourth-order valence-corrected chi connectivity index (χ4v) is 4.99. The van der Waals surface area contributed by atoms with Crippen LogP contribution in [0.4, 0.5) is 5.82 Å². The van der Waals surface area contributed by atoms with Crippen molar-refractivity contribution in [1.82, 2.24) is 19.4 Å². The van der Waals surface area contributed by atoms with Crippen LogP contribution in [-0.2, 0) is 4.74 Å². The molecule has 4 aromatic heterocycles. The molecule has 1 aliphatic rings. The first-order valence-electron chi connectivity index (χ1n) is 11.8. The van der Waals surface area contributed by atoms with E-state index < -0.39 is 0 Å². The van der Waals surface area contributed by atoms with E-state index in [4.69, 9.17) is 14.7 Å². The highest BCUT2D eigenvalue weighted by atomic mass is 16.5. The van der Waals surface area contributed by atoms with Crippen molar-refractivity contribution < 1.29 is 4.74 Å². The number of aryl methyl sites for hydroxylation is 1. The molecule has 1 aromatic carbocycles. The molecule has 0 spiro atoms. The molecule has 0 saturated carbocycles. The predicted octanol–water partition coefficient (Wildman–Crippen LogP) is 5.53. The van der Waals surface area contributed by atoms with E-state index in [1.807, 2.05) is 25.4 Å². The minimum absolute atomic E-state index is 0.212. The second-order valence-corrected chi connectivity index (χ2v) is 9.18. The van der Waals surface area contributed by atoms with Gasteiger partial charge >= 0.3 is 0 Å². The highest BCUT2D eigenvalue weighted by Crippen LogP contribution is 2.31. The first kappa shape index (κ1) is 20.8. The Labute approximate surface area is 198 Å². The van der Waals surface area contributed by atoms with Gasteiger partial charge in [0, 0.05) is 47.7 Å². The second kappa shape index (κ2) is 8.22. The molecular formula is C28H27N5O. The topological polar surface area (TPSA) is 55.5 Å². The van der Waals surface area contributed by atoms with Gasteiger partial charge in [-0.2, -0.15) is 0 Å². The van der Waals surface area contributed by atoms with Gasteiger partial charge in [-0.25, -0.2) is 9.97 Å². The molecule has 0 amide bonds. The Hall–Kier alpha value is -3.77. The molecule has 0 bridgehead atoms. The minimum atomic E-state index is 0.212. The zero-order valence-corrected chi connectivity index (χ0v) is 19.6. The fourth-order valence-electron chi connectivity index (χ4n) is 4.99. The molecule has 0 aliphatic carbocycles. The van der Waals surface area contributed by atoms with E-state index in [1.165, 1.54) is 0 Å². The van der Waals surface area contributed by atoms with Crippen LogP contribution in [-0.4, -0.2) is 44.7 Å². The maximum absolute atomic E-state index is 5.85. The largest absolute Gasteiger partial charge is 0.372 e. The van der Waals surface area contributed by atoms with Crippen LogP contribution in [0.15, 0.2) is 73.2 Å². The number of anilines is 1. The number of hydrogen-bond donors (Lipinski definition) is 0. The first-order valence-corrected chi connectivity index (χ1v) is 11.8. The van der Waals surface area contributed by atoms with E-state index in [0.717, 1.165) is 63.5 Å². The molecular weight excluding hydrogens is 422 g/mol. The highest BCUT2D eigenvalue weighted by Gasteiger charge is 2.23. The van der Waals surface area contributed by atoms with Gasteiger partial charge in [-0.1, -0.05) is 18.2 Å². The van der Waals surface area contributed by atoms with Gasteiger partial charge in [0.15, 0.2) is 0 Å².